The molecule has 0 bridgehead atoms. The fourth-order valence-electron chi connectivity index (χ4n) is 2.82. The molecule has 0 amide bonds. The van der Waals surface area contributed by atoms with Crippen molar-refractivity contribution < 1.29 is 0 Å². The maximum absolute atomic E-state index is 11.8. The fourth-order valence-corrected chi connectivity index (χ4v) is 2.82. The lowest BCUT2D eigenvalue weighted by atomic mass is 9.97. The van der Waals surface area contributed by atoms with Crippen LogP contribution >= 0.6 is 0 Å². The molecule has 2 N–H and O–H groups in total. The van der Waals surface area contributed by atoms with Crippen molar-refractivity contribution in [2.75, 3.05) is 0 Å². The number of hydrogen-bond donors (Lipinski definition) is 2. The minimum Gasteiger partial charge on any atom is -0.312 e. The molecule has 0 spiro atoms. The molecule has 116 valence electrons. The Morgan fingerprint density at radius 2 is 1.50 bits per heavy atom. The Bertz CT molecular complexity index is 1150. The normalized spacial score (nSPS) is 11.5. The van der Waals surface area contributed by atoms with Crippen LogP contribution in [0.4, 0.5) is 5.69 Å². The summed E-state index contributed by atoms with van der Waals surface area (Å²) in [5.74, 6) is 0. The van der Waals surface area contributed by atoms with Gasteiger partial charge in [0.25, 0.3) is 5.56 Å². The molecule has 1 heterocycles. The van der Waals surface area contributed by atoms with E-state index < -0.39 is 11.2 Å². The molecule has 0 aliphatic heterocycles. The van der Waals surface area contributed by atoms with Gasteiger partial charge < -0.3 is 4.98 Å². The molecule has 0 radical (unpaired) electrons. The van der Waals surface area contributed by atoms with E-state index in [1.807, 2.05) is 48.5 Å². The van der Waals surface area contributed by atoms with Gasteiger partial charge in [-0.05, 0) is 27.6 Å². The van der Waals surface area contributed by atoms with E-state index in [0.29, 0.717) is 0 Å². The van der Waals surface area contributed by atoms with Crippen molar-refractivity contribution in [2.24, 2.45) is 4.99 Å². The highest BCUT2D eigenvalue weighted by molar-refractivity contribution is 6.13. The van der Waals surface area contributed by atoms with Crippen LogP contribution in [0.2, 0.25) is 0 Å². The second-order valence-electron chi connectivity index (χ2n) is 5.45. The van der Waals surface area contributed by atoms with Gasteiger partial charge in [0.15, 0.2) is 0 Å². The molecule has 0 unspecified atom stereocenters. The first kappa shape index (κ1) is 14.1. The molecule has 0 aliphatic rings. The SMILES string of the molecule is O=c1[nH]cc(N=Cc2c3ccccc3cc3ccccc23)c(=O)[nH]1. The standard InChI is InChI=1S/C19H13N3O2/c23-18-17(11-21-19(24)22-18)20-10-16-14-7-3-1-5-12(14)9-13-6-2-4-8-15(13)16/h1-11H,(H2,21,22,23,24). The number of benzene rings is 3. The van der Waals surface area contributed by atoms with Crippen LogP contribution in [0, 0.1) is 0 Å². The summed E-state index contributed by atoms with van der Waals surface area (Å²) in [7, 11) is 0. The summed E-state index contributed by atoms with van der Waals surface area (Å²) in [6.07, 6.45) is 2.98. The van der Waals surface area contributed by atoms with Crippen molar-refractivity contribution >= 4 is 33.4 Å². The Hall–Kier alpha value is -3.47. The zero-order valence-electron chi connectivity index (χ0n) is 12.6. The number of aromatic nitrogens is 2. The van der Waals surface area contributed by atoms with Crippen molar-refractivity contribution in [3.05, 3.63) is 87.2 Å². The summed E-state index contributed by atoms with van der Waals surface area (Å²) >= 11 is 0. The second-order valence-corrected chi connectivity index (χ2v) is 5.45. The molecule has 0 saturated carbocycles. The average molecular weight is 315 g/mol. The van der Waals surface area contributed by atoms with E-state index in [4.69, 9.17) is 0 Å². The molecule has 1 aromatic heterocycles. The van der Waals surface area contributed by atoms with Crippen LogP contribution in [0.5, 0.6) is 0 Å². The van der Waals surface area contributed by atoms with Crippen molar-refractivity contribution in [3.8, 4) is 0 Å². The molecule has 3 aromatic carbocycles. The molecule has 24 heavy (non-hydrogen) atoms. The Kier molecular flexibility index (Phi) is 3.31. The first-order valence-electron chi connectivity index (χ1n) is 7.49. The predicted octanol–water partition coefficient (Wildman–Crippen LogP) is 3.12. The lowest BCUT2D eigenvalue weighted by Crippen LogP contribution is -2.20. The zero-order valence-corrected chi connectivity index (χ0v) is 12.6. The van der Waals surface area contributed by atoms with Gasteiger partial charge in [0, 0.05) is 18.0 Å². The fraction of sp³-hybridized carbons (Fsp3) is 0. The number of aromatic amines is 2. The second kappa shape index (κ2) is 5.62. The minimum atomic E-state index is -0.547. The van der Waals surface area contributed by atoms with Crippen molar-refractivity contribution in [1.82, 2.24) is 9.97 Å². The molecule has 4 rings (SSSR count). The lowest BCUT2D eigenvalue weighted by molar-refractivity contribution is 1.03. The van der Waals surface area contributed by atoms with E-state index in [1.165, 1.54) is 6.20 Å². The summed E-state index contributed by atoms with van der Waals surface area (Å²) in [6.45, 7) is 0. The van der Waals surface area contributed by atoms with Gasteiger partial charge in [0.2, 0.25) is 0 Å². The van der Waals surface area contributed by atoms with Crippen LogP contribution in [0.15, 0.2) is 75.4 Å². The zero-order chi connectivity index (χ0) is 16.5. The third-order valence-corrected chi connectivity index (χ3v) is 3.95. The molecule has 0 atom stereocenters. The summed E-state index contributed by atoms with van der Waals surface area (Å²) in [6, 6.07) is 18.2. The predicted molar refractivity (Wildman–Crippen MR) is 96.4 cm³/mol. The number of nitrogens with zero attached hydrogens (tertiary/aromatic N) is 1. The van der Waals surface area contributed by atoms with E-state index in [-0.39, 0.29) is 5.69 Å². The molecule has 0 fully saturated rings. The average Bonchev–Trinajstić information content (AvgIpc) is 2.60. The smallest absolute Gasteiger partial charge is 0.312 e. The number of hydrogen-bond acceptors (Lipinski definition) is 3. The van der Waals surface area contributed by atoms with Crippen LogP contribution in [-0.4, -0.2) is 16.2 Å². The third kappa shape index (κ3) is 2.42. The molecular formula is C19H13N3O2. The van der Waals surface area contributed by atoms with E-state index >= 15 is 0 Å². The van der Waals surface area contributed by atoms with E-state index in [1.54, 1.807) is 6.21 Å². The highest BCUT2D eigenvalue weighted by Crippen LogP contribution is 2.27. The molecule has 5 heteroatoms. The third-order valence-electron chi connectivity index (χ3n) is 3.95. The van der Waals surface area contributed by atoms with Gasteiger partial charge in [0.05, 0.1) is 0 Å². The Labute approximate surface area is 136 Å². The Morgan fingerprint density at radius 1 is 0.875 bits per heavy atom. The van der Waals surface area contributed by atoms with Crippen molar-refractivity contribution in [3.63, 3.8) is 0 Å². The summed E-state index contributed by atoms with van der Waals surface area (Å²) in [4.78, 5) is 31.8. The van der Waals surface area contributed by atoms with Gasteiger partial charge in [-0.1, -0.05) is 48.5 Å². The van der Waals surface area contributed by atoms with Gasteiger partial charge >= 0.3 is 5.69 Å². The van der Waals surface area contributed by atoms with Gasteiger partial charge in [0.1, 0.15) is 5.69 Å². The number of aliphatic imine (C=N–C) groups is 1. The van der Waals surface area contributed by atoms with Crippen LogP contribution in [0.1, 0.15) is 5.56 Å². The quantitative estimate of drug-likeness (QED) is 0.440. The van der Waals surface area contributed by atoms with Gasteiger partial charge in [-0.25, -0.2) is 9.79 Å². The van der Waals surface area contributed by atoms with Gasteiger partial charge in [-0.3, -0.25) is 9.78 Å². The minimum absolute atomic E-state index is 0.159. The Balaban J connectivity index is 1.98. The molecular weight excluding hydrogens is 302 g/mol. The van der Waals surface area contributed by atoms with Crippen LogP contribution < -0.4 is 11.2 Å². The number of H-pyrrole nitrogens is 2. The van der Waals surface area contributed by atoms with Gasteiger partial charge in [-0.2, -0.15) is 0 Å². The first-order valence-corrected chi connectivity index (χ1v) is 7.49. The monoisotopic (exact) mass is 315 g/mol. The largest absolute Gasteiger partial charge is 0.325 e. The number of nitrogens with one attached hydrogen (secondary N) is 2. The molecule has 4 aromatic rings. The van der Waals surface area contributed by atoms with Crippen molar-refractivity contribution in [2.45, 2.75) is 0 Å². The van der Waals surface area contributed by atoms with Crippen molar-refractivity contribution in [1.29, 1.82) is 0 Å². The van der Waals surface area contributed by atoms with Crippen LogP contribution in [0.3, 0.4) is 0 Å². The van der Waals surface area contributed by atoms with E-state index in [2.05, 4.69) is 21.0 Å². The summed E-state index contributed by atoms with van der Waals surface area (Å²) in [5.41, 5.74) is 0.0371. The topological polar surface area (TPSA) is 78.1 Å². The number of fused-ring (bicyclic) bond motifs is 2. The first-order chi connectivity index (χ1) is 11.7. The van der Waals surface area contributed by atoms with Gasteiger partial charge in [-0.15, -0.1) is 0 Å². The number of rotatable bonds is 2. The van der Waals surface area contributed by atoms with E-state index in [0.717, 1.165) is 27.1 Å². The summed E-state index contributed by atoms with van der Waals surface area (Å²) < 4.78 is 0. The van der Waals surface area contributed by atoms with Crippen LogP contribution in [-0.2, 0) is 0 Å². The lowest BCUT2D eigenvalue weighted by Gasteiger charge is -2.07. The maximum Gasteiger partial charge on any atom is 0.325 e. The highest BCUT2D eigenvalue weighted by atomic mass is 16.2. The molecule has 5 nitrogen and oxygen atoms in total. The molecule has 0 saturated heterocycles. The maximum atomic E-state index is 11.8. The van der Waals surface area contributed by atoms with E-state index in [9.17, 15) is 9.59 Å². The van der Waals surface area contributed by atoms with Crippen LogP contribution in [0.25, 0.3) is 21.5 Å². The Morgan fingerprint density at radius 3 is 2.12 bits per heavy atom. The molecule has 0 aliphatic carbocycles. The highest BCUT2D eigenvalue weighted by Gasteiger charge is 2.06. The summed E-state index contributed by atoms with van der Waals surface area (Å²) in [5, 5.41) is 4.32.